The number of benzene rings is 1. The number of alkyl halides is 3. The van der Waals surface area contributed by atoms with Gasteiger partial charge in [-0.1, -0.05) is 0 Å². The highest BCUT2D eigenvalue weighted by atomic mass is 32.2. The van der Waals surface area contributed by atoms with Crippen molar-refractivity contribution in [3.8, 4) is 0 Å². The summed E-state index contributed by atoms with van der Waals surface area (Å²) in [5.74, 6) is -0.382. The van der Waals surface area contributed by atoms with Gasteiger partial charge in [0.05, 0.1) is 41.5 Å². The molecule has 1 fully saturated rings. The van der Waals surface area contributed by atoms with E-state index in [1.807, 2.05) is 6.92 Å². The number of aromatic nitrogens is 2. The van der Waals surface area contributed by atoms with E-state index in [0.717, 1.165) is 28.6 Å². The van der Waals surface area contributed by atoms with Gasteiger partial charge in [0, 0.05) is 18.2 Å². The molecule has 0 bridgehead atoms. The van der Waals surface area contributed by atoms with E-state index >= 15 is 0 Å². The van der Waals surface area contributed by atoms with E-state index in [-0.39, 0.29) is 28.0 Å². The van der Waals surface area contributed by atoms with Gasteiger partial charge in [0.2, 0.25) is 16.0 Å². The lowest BCUT2D eigenvalue weighted by Crippen LogP contribution is -2.52. The van der Waals surface area contributed by atoms with Crippen LogP contribution in [-0.2, 0) is 29.8 Å². The number of anilines is 1. The molecule has 1 aromatic carbocycles. The molecule has 3 aliphatic rings. The van der Waals surface area contributed by atoms with E-state index in [2.05, 4.69) is 14.8 Å². The summed E-state index contributed by atoms with van der Waals surface area (Å²) >= 11 is 0. The number of halogens is 3. The summed E-state index contributed by atoms with van der Waals surface area (Å²) < 4.78 is 70.0. The van der Waals surface area contributed by atoms with E-state index in [4.69, 9.17) is 0 Å². The van der Waals surface area contributed by atoms with Crippen LogP contribution in [0.5, 0.6) is 0 Å². The SMILES string of the molecule is C[C@@H]1CN=C2N(Cc3cnn(C)c3C(F)(F)F)C(=O)c3cc(S(=O)(=O)NC4(C)CC4)ccc3N21. The van der Waals surface area contributed by atoms with Gasteiger partial charge in [-0.15, -0.1) is 0 Å². The van der Waals surface area contributed by atoms with Crippen molar-refractivity contribution in [2.45, 2.75) is 55.9 Å². The van der Waals surface area contributed by atoms with Crippen molar-refractivity contribution in [2.75, 3.05) is 11.4 Å². The average molecular weight is 497 g/mol. The number of fused-ring (bicyclic) bond motifs is 3. The number of aryl methyl sites for hydroxylation is 1. The first-order valence-corrected chi connectivity index (χ1v) is 12.2. The van der Waals surface area contributed by atoms with Gasteiger partial charge in [-0.3, -0.25) is 19.4 Å². The van der Waals surface area contributed by atoms with Crippen LogP contribution in [0.4, 0.5) is 18.9 Å². The predicted molar refractivity (Wildman–Crippen MR) is 117 cm³/mol. The number of sulfonamides is 1. The second kappa shape index (κ2) is 7.28. The number of carbonyl (C=O) groups is 1. The Labute approximate surface area is 194 Å². The first-order chi connectivity index (χ1) is 15.8. The Bertz CT molecular complexity index is 1330. The van der Waals surface area contributed by atoms with Crippen LogP contribution in [0.15, 0.2) is 34.3 Å². The zero-order chi connectivity index (χ0) is 24.6. The Hall–Kier alpha value is -2.93. The van der Waals surface area contributed by atoms with Gasteiger partial charge in [-0.2, -0.15) is 18.3 Å². The van der Waals surface area contributed by atoms with Crippen molar-refractivity contribution in [3.63, 3.8) is 0 Å². The largest absolute Gasteiger partial charge is 0.433 e. The minimum Gasteiger partial charge on any atom is -0.307 e. The van der Waals surface area contributed by atoms with E-state index < -0.39 is 39.9 Å². The quantitative estimate of drug-likeness (QED) is 0.686. The molecular formula is C21H23F3N6O3S. The summed E-state index contributed by atoms with van der Waals surface area (Å²) in [6.45, 7) is 3.62. The smallest absolute Gasteiger partial charge is 0.307 e. The molecule has 3 heterocycles. The van der Waals surface area contributed by atoms with Crippen molar-refractivity contribution < 1.29 is 26.4 Å². The predicted octanol–water partition coefficient (Wildman–Crippen LogP) is 2.49. The molecule has 9 nitrogen and oxygen atoms in total. The Balaban J connectivity index is 1.56. The molecule has 1 amide bonds. The van der Waals surface area contributed by atoms with Gasteiger partial charge in [0.1, 0.15) is 5.69 Å². The fourth-order valence-corrected chi connectivity index (χ4v) is 5.87. The number of rotatable bonds is 5. The molecule has 0 saturated heterocycles. The lowest BCUT2D eigenvalue weighted by molar-refractivity contribution is -0.144. The first kappa shape index (κ1) is 22.8. The lowest BCUT2D eigenvalue weighted by atomic mass is 10.1. The topological polar surface area (TPSA) is 99.9 Å². The number of hydrogen-bond acceptors (Lipinski definition) is 6. The Kier molecular flexibility index (Phi) is 4.89. The van der Waals surface area contributed by atoms with Crippen LogP contribution in [0.25, 0.3) is 0 Å². The third kappa shape index (κ3) is 3.66. The van der Waals surface area contributed by atoms with Crippen molar-refractivity contribution in [2.24, 2.45) is 12.0 Å². The number of nitrogens with one attached hydrogen (secondary N) is 1. The zero-order valence-electron chi connectivity index (χ0n) is 18.7. The molecule has 0 radical (unpaired) electrons. The Morgan fingerprint density at radius 3 is 2.62 bits per heavy atom. The van der Waals surface area contributed by atoms with Crippen LogP contribution >= 0.6 is 0 Å². The van der Waals surface area contributed by atoms with Crippen molar-refractivity contribution in [1.82, 2.24) is 19.4 Å². The Morgan fingerprint density at radius 1 is 1.26 bits per heavy atom. The second-order valence-electron chi connectivity index (χ2n) is 9.24. The molecule has 1 aliphatic carbocycles. The Morgan fingerprint density at radius 2 is 1.97 bits per heavy atom. The lowest BCUT2D eigenvalue weighted by Gasteiger charge is -2.38. The van der Waals surface area contributed by atoms with Crippen molar-refractivity contribution in [1.29, 1.82) is 0 Å². The fourth-order valence-electron chi connectivity index (χ4n) is 4.38. The number of carbonyl (C=O) groups excluding carboxylic acids is 1. The zero-order valence-corrected chi connectivity index (χ0v) is 19.5. The molecule has 13 heteroatoms. The third-order valence-electron chi connectivity index (χ3n) is 6.40. The maximum atomic E-state index is 13.6. The van der Waals surface area contributed by atoms with Gasteiger partial charge >= 0.3 is 6.18 Å². The molecule has 2 aromatic rings. The average Bonchev–Trinajstić information content (AvgIpc) is 3.14. The summed E-state index contributed by atoms with van der Waals surface area (Å²) in [6.07, 6.45) is -2.13. The summed E-state index contributed by atoms with van der Waals surface area (Å²) in [5.41, 5.74) is -1.07. The van der Waals surface area contributed by atoms with Gasteiger partial charge in [-0.05, 0) is 44.9 Å². The molecule has 34 heavy (non-hydrogen) atoms. The molecule has 2 aliphatic heterocycles. The summed E-state index contributed by atoms with van der Waals surface area (Å²) in [4.78, 5) is 20.8. The number of hydrogen-bond donors (Lipinski definition) is 1. The number of guanidine groups is 1. The number of amides is 1. The summed E-state index contributed by atoms with van der Waals surface area (Å²) in [7, 11) is -2.69. The van der Waals surface area contributed by atoms with Gasteiger partial charge in [-0.25, -0.2) is 13.1 Å². The van der Waals surface area contributed by atoms with Gasteiger partial charge < -0.3 is 4.90 Å². The highest BCUT2D eigenvalue weighted by Gasteiger charge is 2.45. The summed E-state index contributed by atoms with van der Waals surface area (Å²) in [6, 6.07) is 4.11. The molecule has 1 N–H and O–H groups in total. The van der Waals surface area contributed by atoms with Crippen LogP contribution in [0.2, 0.25) is 0 Å². The molecule has 0 unspecified atom stereocenters. The monoisotopic (exact) mass is 496 g/mol. The van der Waals surface area contributed by atoms with Gasteiger partial charge in [0.25, 0.3) is 5.91 Å². The van der Waals surface area contributed by atoms with Crippen molar-refractivity contribution >= 4 is 27.6 Å². The van der Waals surface area contributed by atoms with Crippen LogP contribution in [0, 0.1) is 0 Å². The normalized spacial score (nSPS) is 21.4. The number of aliphatic imine (C=N–C) groups is 1. The van der Waals surface area contributed by atoms with E-state index in [1.54, 1.807) is 17.9 Å². The molecular weight excluding hydrogens is 473 g/mol. The number of nitrogens with zero attached hydrogens (tertiary/aromatic N) is 5. The van der Waals surface area contributed by atoms with E-state index in [9.17, 15) is 26.4 Å². The highest BCUT2D eigenvalue weighted by molar-refractivity contribution is 7.89. The second-order valence-corrected chi connectivity index (χ2v) is 10.9. The molecule has 0 spiro atoms. The molecule has 1 aromatic heterocycles. The molecule has 1 saturated carbocycles. The fraction of sp³-hybridized carbons (Fsp3) is 0.476. The van der Waals surface area contributed by atoms with Crippen molar-refractivity contribution in [3.05, 3.63) is 41.2 Å². The first-order valence-electron chi connectivity index (χ1n) is 10.7. The molecule has 1 atom stereocenters. The van der Waals surface area contributed by atoms with E-state index in [0.29, 0.717) is 12.2 Å². The van der Waals surface area contributed by atoms with Crippen LogP contribution < -0.4 is 9.62 Å². The van der Waals surface area contributed by atoms with Crippen LogP contribution in [0.1, 0.15) is 48.3 Å². The van der Waals surface area contributed by atoms with Gasteiger partial charge in [0.15, 0.2) is 0 Å². The van der Waals surface area contributed by atoms with Crippen LogP contribution in [-0.4, -0.2) is 53.1 Å². The maximum Gasteiger partial charge on any atom is 0.433 e. The standard InChI is InChI=1S/C21H23F3N6O3S/c1-12-9-25-19-29(11-13-10-26-28(3)17(13)21(22,23)24)18(31)15-8-14(4-5-16(15)30(12)19)34(32,33)27-20(2)6-7-20/h4-5,8,10,12,27H,6-7,9,11H2,1-3H3/t12-/m1/s1. The molecule has 5 rings (SSSR count). The minimum atomic E-state index is -4.66. The molecule has 182 valence electrons. The minimum absolute atomic E-state index is 0.0720. The van der Waals surface area contributed by atoms with Crippen LogP contribution in [0.3, 0.4) is 0 Å². The van der Waals surface area contributed by atoms with E-state index in [1.165, 1.54) is 19.2 Å². The summed E-state index contributed by atoms with van der Waals surface area (Å²) in [5, 5.41) is 3.72. The maximum absolute atomic E-state index is 13.6. The highest BCUT2D eigenvalue weighted by Crippen LogP contribution is 2.39. The third-order valence-corrected chi connectivity index (χ3v) is 8.04.